The fraction of sp³-hybridized carbons (Fsp3) is 0.333. The Kier molecular flexibility index (Phi) is 4.50. The van der Waals surface area contributed by atoms with Gasteiger partial charge < -0.3 is 0 Å². The van der Waals surface area contributed by atoms with Crippen molar-refractivity contribution in [1.82, 2.24) is 9.78 Å². The highest BCUT2D eigenvalue weighted by Crippen LogP contribution is 2.15. The quantitative estimate of drug-likeness (QED) is 0.583. The summed E-state index contributed by atoms with van der Waals surface area (Å²) in [5.41, 5.74) is 2.73. The molecule has 0 spiro atoms. The lowest BCUT2D eigenvalue weighted by Crippen LogP contribution is -1.92. The predicted octanol–water partition coefficient (Wildman–Crippen LogP) is 3.48. The van der Waals surface area contributed by atoms with Crippen molar-refractivity contribution in [2.75, 3.05) is 0 Å². The molecular weight excluding hydrogens is 222 g/mol. The van der Waals surface area contributed by atoms with Crippen LogP contribution in [0.1, 0.15) is 26.3 Å². The summed E-state index contributed by atoms with van der Waals surface area (Å²) in [5, 5.41) is 4.71. The molecule has 1 rings (SSSR count). The molecule has 3 nitrogen and oxygen atoms in total. The number of hydrogen-bond acceptors (Lipinski definition) is 2. The Morgan fingerprint density at radius 3 is 2.81 bits per heavy atom. The first kappa shape index (κ1) is 12.7. The fourth-order valence-corrected chi connectivity index (χ4v) is 1.45. The second-order valence-corrected chi connectivity index (χ2v) is 4.05. The number of rotatable bonds is 4. The van der Waals surface area contributed by atoms with Gasteiger partial charge in [0, 0.05) is 24.0 Å². The molecule has 0 aliphatic carbocycles. The largest absolute Gasteiger partial charge is 0.272 e. The van der Waals surface area contributed by atoms with E-state index in [1.807, 2.05) is 30.8 Å². The zero-order valence-corrected chi connectivity index (χ0v) is 10.6. The molecule has 0 aromatic carbocycles. The second-order valence-electron chi connectivity index (χ2n) is 3.50. The van der Waals surface area contributed by atoms with Crippen molar-refractivity contribution >= 4 is 22.3 Å². The SMILES string of the molecule is C=C(/C=C(\C)N=C(C)Cl)c1cnn(CC)c1. The van der Waals surface area contributed by atoms with Gasteiger partial charge in [-0.25, -0.2) is 4.99 Å². The molecular formula is C12H16ClN3. The van der Waals surface area contributed by atoms with E-state index >= 15 is 0 Å². The Bertz CT molecular complexity index is 437. The van der Waals surface area contributed by atoms with Crippen molar-refractivity contribution < 1.29 is 0 Å². The lowest BCUT2D eigenvalue weighted by Gasteiger charge is -1.97. The van der Waals surface area contributed by atoms with Crippen molar-refractivity contribution in [3.05, 3.63) is 36.3 Å². The minimum atomic E-state index is 0.519. The van der Waals surface area contributed by atoms with Crippen LogP contribution >= 0.6 is 11.6 Å². The highest BCUT2D eigenvalue weighted by atomic mass is 35.5. The van der Waals surface area contributed by atoms with Gasteiger partial charge in [0.05, 0.1) is 6.20 Å². The first-order valence-corrected chi connectivity index (χ1v) is 5.51. The molecule has 0 aliphatic heterocycles. The molecule has 0 aliphatic rings. The molecule has 1 aromatic rings. The van der Waals surface area contributed by atoms with Crippen LogP contribution in [0, 0.1) is 0 Å². The van der Waals surface area contributed by atoms with Crippen molar-refractivity contribution in [3.63, 3.8) is 0 Å². The Morgan fingerprint density at radius 2 is 2.31 bits per heavy atom. The summed E-state index contributed by atoms with van der Waals surface area (Å²) in [4.78, 5) is 4.12. The normalized spacial score (nSPS) is 13.0. The van der Waals surface area contributed by atoms with E-state index in [0.29, 0.717) is 5.17 Å². The highest BCUT2D eigenvalue weighted by molar-refractivity contribution is 6.64. The van der Waals surface area contributed by atoms with E-state index in [1.165, 1.54) is 0 Å². The highest BCUT2D eigenvalue weighted by Gasteiger charge is 2.00. The van der Waals surface area contributed by atoms with E-state index in [0.717, 1.165) is 23.4 Å². The van der Waals surface area contributed by atoms with E-state index in [4.69, 9.17) is 11.6 Å². The molecule has 0 N–H and O–H groups in total. The third-order valence-electron chi connectivity index (χ3n) is 2.04. The summed E-state index contributed by atoms with van der Waals surface area (Å²) in [5.74, 6) is 0. The monoisotopic (exact) mass is 237 g/mol. The van der Waals surface area contributed by atoms with Gasteiger partial charge in [-0.1, -0.05) is 18.2 Å². The molecule has 0 saturated heterocycles. The van der Waals surface area contributed by atoms with Gasteiger partial charge in [-0.15, -0.1) is 0 Å². The number of halogens is 1. The van der Waals surface area contributed by atoms with Crippen LogP contribution in [0.15, 0.2) is 35.7 Å². The Morgan fingerprint density at radius 1 is 1.62 bits per heavy atom. The lowest BCUT2D eigenvalue weighted by molar-refractivity contribution is 0.660. The number of nitrogens with zero attached hydrogens (tertiary/aromatic N) is 3. The van der Waals surface area contributed by atoms with Gasteiger partial charge in [0.1, 0.15) is 5.17 Å². The summed E-state index contributed by atoms with van der Waals surface area (Å²) in [6.07, 6.45) is 5.65. The van der Waals surface area contributed by atoms with E-state index < -0.39 is 0 Å². The van der Waals surface area contributed by atoms with Crippen molar-refractivity contribution in [1.29, 1.82) is 0 Å². The van der Waals surface area contributed by atoms with Gasteiger partial charge in [0.15, 0.2) is 0 Å². The minimum absolute atomic E-state index is 0.519. The average Bonchev–Trinajstić information content (AvgIpc) is 2.64. The minimum Gasteiger partial charge on any atom is -0.272 e. The Hall–Kier alpha value is -1.35. The topological polar surface area (TPSA) is 30.2 Å². The number of aromatic nitrogens is 2. The molecule has 16 heavy (non-hydrogen) atoms. The van der Waals surface area contributed by atoms with Crippen LogP contribution in [-0.2, 0) is 6.54 Å². The molecule has 0 amide bonds. The Balaban J connectivity index is 2.83. The fourth-order valence-electron chi connectivity index (χ4n) is 1.31. The summed E-state index contributed by atoms with van der Waals surface area (Å²) in [6, 6.07) is 0. The maximum Gasteiger partial charge on any atom is 0.103 e. The summed E-state index contributed by atoms with van der Waals surface area (Å²) in [6.45, 7) is 10.5. The van der Waals surface area contributed by atoms with Crippen LogP contribution < -0.4 is 0 Å². The number of hydrogen-bond donors (Lipinski definition) is 0. The third-order valence-corrected chi connectivity index (χ3v) is 2.13. The maximum absolute atomic E-state index is 5.69. The Labute approximate surface area is 101 Å². The van der Waals surface area contributed by atoms with Crippen LogP contribution in [0.4, 0.5) is 0 Å². The van der Waals surface area contributed by atoms with Crippen LogP contribution in [0.3, 0.4) is 0 Å². The van der Waals surface area contributed by atoms with Crippen molar-refractivity contribution in [2.45, 2.75) is 27.3 Å². The van der Waals surface area contributed by atoms with Crippen molar-refractivity contribution in [3.8, 4) is 0 Å². The molecule has 0 atom stereocenters. The molecule has 1 aromatic heterocycles. The van der Waals surface area contributed by atoms with Gasteiger partial charge in [-0.3, -0.25) is 4.68 Å². The zero-order valence-electron chi connectivity index (χ0n) is 9.87. The van der Waals surface area contributed by atoms with Gasteiger partial charge in [-0.2, -0.15) is 5.10 Å². The predicted molar refractivity (Wildman–Crippen MR) is 69.7 cm³/mol. The molecule has 0 radical (unpaired) electrons. The number of allylic oxidation sites excluding steroid dienone is 3. The molecule has 0 fully saturated rings. The standard InChI is InChI=1S/C12H16ClN3/c1-5-16-8-12(7-14-16)9(2)6-10(3)15-11(4)13/h6-8H,2,5H2,1,3-4H3/b10-6+,15-11?. The molecule has 0 saturated carbocycles. The van der Waals surface area contributed by atoms with Crippen LogP contribution in [0.25, 0.3) is 5.57 Å². The lowest BCUT2D eigenvalue weighted by atomic mass is 10.1. The molecule has 1 heterocycles. The summed E-state index contributed by atoms with van der Waals surface area (Å²) >= 11 is 5.69. The first-order chi connectivity index (χ1) is 7.52. The van der Waals surface area contributed by atoms with Gasteiger partial charge >= 0.3 is 0 Å². The molecule has 0 bridgehead atoms. The van der Waals surface area contributed by atoms with Crippen molar-refractivity contribution in [2.24, 2.45) is 4.99 Å². The van der Waals surface area contributed by atoms with Gasteiger partial charge in [0.25, 0.3) is 0 Å². The van der Waals surface area contributed by atoms with Crippen LogP contribution in [0.2, 0.25) is 0 Å². The summed E-state index contributed by atoms with van der Waals surface area (Å²) < 4.78 is 1.86. The van der Waals surface area contributed by atoms with Gasteiger partial charge in [0.2, 0.25) is 0 Å². The molecule has 86 valence electrons. The molecule has 4 heteroatoms. The average molecular weight is 238 g/mol. The van der Waals surface area contributed by atoms with Crippen LogP contribution in [0.5, 0.6) is 0 Å². The molecule has 0 unspecified atom stereocenters. The van der Waals surface area contributed by atoms with E-state index in [9.17, 15) is 0 Å². The smallest absolute Gasteiger partial charge is 0.103 e. The summed E-state index contributed by atoms with van der Waals surface area (Å²) in [7, 11) is 0. The van der Waals surface area contributed by atoms with E-state index in [2.05, 4.69) is 16.7 Å². The zero-order chi connectivity index (χ0) is 12.1. The second kappa shape index (κ2) is 5.66. The van der Waals surface area contributed by atoms with Gasteiger partial charge in [-0.05, 0) is 32.4 Å². The number of aliphatic imine (C=N–C) groups is 1. The van der Waals surface area contributed by atoms with Crippen LogP contribution in [-0.4, -0.2) is 15.0 Å². The third kappa shape index (κ3) is 3.66. The maximum atomic E-state index is 5.69. The van der Waals surface area contributed by atoms with E-state index in [1.54, 1.807) is 13.1 Å². The van der Waals surface area contributed by atoms with E-state index in [-0.39, 0.29) is 0 Å². The number of aryl methyl sites for hydroxylation is 1. The first-order valence-electron chi connectivity index (χ1n) is 5.13.